The van der Waals surface area contributed by atoms with E-state index in [1.807, 2.05) is 0 Å². The van der Waals surface area contributed by atoms with Crippen LogP contribution in [0.25, 0.3) is 0 Å². The number of aliphatic hydroxyl groups excluding tert-OH is 1. The first-order valence-corrected chi connectivity index (χ1v) is 6.75. The highest BCUT2D eigenvalue weighted by molar-refractivity contribution is 5.83. The van der Waals surface area contributed by atoms with Gasteiger partial charge in [-0.25, -0.2) is 9.59 Å². The highest BCUT2D eigenvalue weighted by atomic mass is 16.4. The van der Waals surface area contributed by atoms with Crippen LogP contribution in [0.5, 0.6) is 0 Å². The molecule has 7 nitrogen and oxygen atoms in total. The van der Waals surface area contributed by atoms with Crippen LogP contribution in [0.1, 0.15) is 12.8 Å². The fourth-order valence-electron chi connectivity index (χ4n) is 2.74. The fraction of sp³-hybridized carbons (Fsp3) is 0.833. The molecule has 108 valence electrons. The summed E-state index contributed by atoms with van der Waals surface area (Å²) in [6.45, 7) is 3.95. The number of carboxylic acid groups (broad SMARTS) is 1. The monoisotopic (exact) mass is 271 g/mol. The van der Waals surface area contributed by atoms with Crippen molar-refractivity contribution < 1.29 is 19.8 Å². The highest BCUT2D eigenvalue weighted by Gasteiger charge is 2.36. The van der Waals surface area contributed by atoms with Crippen LogP contribution in [0.4, 0.5) is 4.79 Å². The number of likely N-dealkylation sites (tertiary alicyclic amines) is 1. The number of nitrogens with zero attached hydrogens (tertiary/aromatic N) is 3. The summed E-state index contributed by atoms with van der Waals surface area (Å²) in [4.78, 5) is 28.7. The summed E-state index contributed by atoms with van der Waals surface area (Å²) in [6, 6.07) is -0.823. The number of β-amino-alcohol motifs (C(OH)–C–C–N with tert-alkyl or cyclic N) is 1. The van der Waals surface area contributed by atoms with Crippen molar-refractivity contribution in [3.8, 4) is 0 Å². The summed E-state index contributed by atoms with van der Waals surface area (Å²) in [5, 5.41) is 18.0. The first-order valence-electron chi connectivity index (χ1n) is 6.75. The molecule has 2 saturated heterocycles. The smallest absolute Gasteiger partial charge is 0.326 e. The van der Waals surface area contributed by atoms with Crippen molar-refractivity contribution in [1.82, 2.24) is 14.7 Å². The molecule has 2 N–H and O–H groups in total. The number of aliphatic carboxylic acids is 1. The van der Waals surface area contributed by atoms with Gasteiger partial charge in [0.1, 0.15) is 6.04 Å². The summed E-state index contributed by atoms with van der Waals surface area (Å²) < 4.78 is 0. The molecule has 7 heteroatoms. The molecule has 0 aromatic rings. The number of piperazine rings is 1. The van der Waals surface area contributed by atoms with Crippen LogP contribution in [0.2, 0.25) is 0 Å². The maximum Gasteiger partial charge on any atom is 0.326 e. The van der Waals surface area contributed by atoms with E-state index >= 15 is 0 Å². The topological polar surface area (TPSA) is 84.3 Å². The second kappa shape index (κ2) is 6.21. The van der Waals surface area contributed by atoms with Crippen LogP contribution in [0, 0.1) is 0 Å². The van der Waals surface area contributed by atoms with E-state index in [0.717, 1.165) is 19.5 Å². The third-order valence-electron chi connectivity index (χ3n) is 3.84. The number of carbonyl (C=O) groups is 2. The van der Waals surface area contributed by atoms with Gasteiger partial charge in [-0.3, -0.25) is 4.90 Å². The van der Waals surface area contributed by atoms with Crippen molar-refractivity contribution in [2.75, 3.05) is 45.9 Å². The number of aliphatic hydroxyl groups is 1. The van der Waals surface area contributed by atoms with E-state index in [1.165, 1.54) is 4.90 Å². The van der Waals surface area contributed by atoms with Crippen molar-refractivity contribution in [2.24, 2.45) is 0 Å². The number of hydrogen-bond acceptors (Lipinski definition) is 4. The van der Waals surface area contributed by atoms with Gasteiger partial charge in [-0.1, -0.05) is 0 Å². The zero-order valence-corrected chi connectivity index (χ0v) is 11.0. The average Bonchev–Trinajstić information content (AvgIpc) is 2.88. The maximum atomic E-state index is 12.3. The van der Waals surface area contributed by atoms with Gasteiger partial charge in [0.2, 0.25) is 0 Å². The quantitative estimate of drug-likeness (QED) is 0.706. The molecule has 0 aromatic carbocycles. The van der Waals surface area contributed by atoms with Crippen molar-refractivity contribution >= 4 is 12.0 Å². The molecular formula is C12H21N3O4. The molecule has 2 fully saturated rings. The number of hydrogen-bond donors (Lipinski definition) is 2. The molecule has 2 heterocycles. The molecule has 0 spiro atoms. The van der Waals surface area contributed by atoms with E-state index in [9.17, 15) is 9.59 Å². The second-order valence-electron chi connectivity index (χ2n) is 5.02. The Morgan fingerprint density at radius 2 is 1.79 bits per heavy atom. The molecule has 2 aliphatic rings. The number of amides is 2. The van der Waals surface area contributed by atoms with E-state index in [4.69, 9.17) is 10.2 Å². The molecular weight excluding hydrogens is 250 g/mol. The van der Waals surface area contributed by atoms with Crippen molar-refractivity contribution in [3.63, 3.8) is 0 Å². The second-order valence-corrected chi connectivity index (χ2v) is 5.02. The van der Waals surface area contributed by atoms with Gasteiger partial charge in [0, 0.05) is 39.3 Å². The highest BCUT2D eigenvalue weighted by Crippen LogP contribution is 2.19. The number of rotatable bonds is 3. The predicted octanol–water partition coefficient (Wildman–Crippen LogP) is -0.735. The normalized spacial score (nSPS) is 24.8. The minimum absolute atomic E-state index is 0.126. The van der Waals surface area contributed by atoms with Crippen LogP contribution in [-0.2, 0) is 4.79 Å². The van der Waals surface area contributed by atoms with Gasteiger partial charge >= 0.3 is 12.0 Å². The van der Waals surface area contributed by atoms with Crippen LogP contribution >= 0.6 is 0 Å². The Labute approximate surface area is 112 Å². The SMILES string of the molecule is O=C(O)[C@H]1CCCN1C(=O)N1CCN(CCO)CC1. The van der Waals surface area contributed by atoms with Crippen LogP contribution in [0.15, 0.2) is 0 Å². The summed E-state index contributed by atoms with van der Waals surface area (Å²) >= 11 is 0. The lowest BCUT2D eigenvalue weighted by Gasteiger charge is -2.37. The summed E-state index contributed by atoms with van der Waals surface area (Å²) in [5.41, 5.74) is 0. The molecule has 2 aliphatic heterocycles. The van der Waals surface area contributed by atoms with E-state index < -0.39 is 12.0 Å². The van der Waals surface area contributed by atoms with Gasteiger partial charge in [0.05, 0.1) is 6.61 Å². The molecule has 0 aromatic heterocycles. The number of carbonyl (C=O) groups excluding carboxylic acids is 1. The van der Waals surface area contributed by atoms with Crippen molar-refractivity contribution in [3.05, 3.63) is 0 Å². The van der Waals surface area contributed by atoms with Crippen molar-refractivity contribution in [2.45, 2.75) is 18.9 Å². The predicted molar refractivity (Wildman–Crippen MR) is 67.9 cm³/mol. The molecule has 0 radical (unpaired) electrons. The van der Waals surface area contributed by atoms with E-state index in [2.05, 4.69) is 4.90 Å². The first-order chi connectivity index (χ1) is 9.13. The molecule has 2 rings (SSSR count). The number of carboxylic acids is 1. The maximum absolute atomic E-state index is 12.3. The van der Waals surface area contributed by atoms with Gasteiger partial charge in [-0.15, -0.1) is 0 Å². The minimum atomic E-state index is -0.912. The van der Waals surface area contributed by atoms with E-state index in [0.29, 0.717) is 32.6 Å². The lowest BCUT2D eigenvalue weighted by molar-refractivity contribution is -0.141. The molecule has 19 heavy (non-hydrogen) atoms. The van der Waals surface area contributed by atoms with Gasteiger partial charge in [-0.2, -0.15) is 0 Å². The van der Waals surface area contributed by atoms with E-state index in [-0.39, 0.29) is 12.6 Å². The third kappa shape index (κ3) is 3.16. The van der Waals surface area contributed by atoms with Crippen LogP contribution in [0.3, 0.4) is 0 Å². The standard InChI is InChI=1S/C12H21N3O4/c16-9-8-13-4-6-14(7-5-13)12(19)15-3-1-2-10(15)11(17)18/h10,16H,1-9H2,(H,17,18)/t10-/m1/s1. The lowest BCUT2D eigenvalue weighted by Crippen LogP contribution is -2.55. The van der Waals surface area contributed by atoms with Gasteiger partial charge < -0.3 is 20.0 Å². The Morgan fingerprint density at radius 1 is 1.11 bits per heavy atom. The molecule has 0 aliphatic carbocycles. The van der Waals surface area contributed by atoms with E-state index in [1.54, 1.807) is 4.90 Å². The molecule has 0 unspecified atom stereocenters. The molecule has 1 atom stereocenters. The van der Waals surface area contributed by atoms with Gasteiger partial charge in [0.25, 0.3) is 0 Å². The Morgan fingerprint density at radius 3 is 2.37 bits per heavy atom. The van der Waals surface area contributed by atoms with Crippen LogP contribution < -0.4 is 0 Å². The zero-order valence-electron chi connectivity index (χ0n) is 11.0. The summed E-state index contributed by atoms with van der Waals surface area (Å²) in [7, 11) is 0. The molecule has 2 amide bonds. The lowest BCUT2D eigenvalue weighted by atomic mass is 10.2. The summed E-state index contributed by atoms with van der Waals surface area (Å²) in [5.74, 6) is -0.912. The first kappa shape index (κ1) is 14.1. The van der Waals surface area contributed by atoms with Gasteiger partial charge in [0.15, 0.2) is 0 Å². The molecule has 0 bridgehead atoms. The summed E-state index contributed by atoms with van der Waals surface area (Å²) in [6.07, 6.45) is 1.30. The minimum Gasteiger partial charge on any atom is -0.480 e. The zero-order chi connectivity index (χ0) is 13.8. The van der Waals surface area contributed by atoms with Gasteiger partial charge in [-0.05, 0) is 12.8 Å². The Balaban J connectivity index is 1.89. The Kier molecular flexibility index (Phi) is 4.60. The largest absolute Gasteiger partial charge is 0.480 e. The third-order valence-corrected chi connectivity index (χ3v) is 3.84. The average molecular weight is 271 g/mol. The molecule has 0 saturated carbocycles. The Bertz CT molecular complexity index is 342. The Hall–Kier alpha value is -1.34. The van der Waals surface area contributed by atoms with Crippen molar-refractivity contribution in [1.29, 1.82) is 0 Å². The van der Waals surface area contributed by atoms with Crippen LogP contribution in [-0.4, -0.2) is 88.8 Å². The number of urea groups is 1. The fourth-order valence-corrected chi connectivity index (χ4v) is 2.74.